The highest BCUT2D eigenvalue weighted by molar-refractivity contribution is 9.08. The molecule has 0 fully saturated rings. The highest BCUT2D eigenvalue weighted by Gasteiger charge is 2.33. The van der Waals surface area contributed by atoms with Crippen LogP contribution in [0, 0.1) is 20.5 Å². The van der Waals surface area contributed by atoms with Crippen LogP contribution in [0.15, 0.2) is 48.5 Å². The molecule has 25 heavy (non-hydrogen) atoms. The lowest BCUT2D eigenvalue weighted by molar-refractivity contribution is -0.635. The molecule has 9 heteroatoms. The molecule has 8 nitrogen and oxygen atoms in total. The zero-order valence-corrected chi connectivity index (χ0v) is 14.2. The molecule has 126 valence electrons. The minimum atomic E-state index is -0.761. The van der Waals surface area contributed by atoms with Crippen molar-refractivity contribution in [1.29, 1.82) is 0 Å². The van der Waals surface area contributed by atoms with Crippen LogP contribution in [-0.2, 0) is 5.33 Å². The predicted molar refractivity (Wildman–Crippen MR) is 91.0 cm³/mol. The maximum absolute atomic E-state index is 12.8. The van der Waals surface area contributed by atoms with Gasteiger partial charge < -0.3 is 10.4 Å². The lowest BCUT2D eigenvalue weighted by Crippen LogP contribution is -2.47. The smallest absolute Gasteiger partial charge is 0.335 e. The highest BCUT2D eigenvalue weighted by Crippen LogP contribution is 2.19. The van der Waals surface area contributed by atoms with Crippen molar-refractivity contribution in [3.8, 4) is 0 Å². The number of alkyl halides is 1. The van der Waals surface area contributed by atoms with Crippen LogP contribution in [0.1, 0.15) is 21.7 Å². The van der Waals surface area contributed by atoms with Crippen LogP contribution in [0.2, 0.25) is 0 Å². The summed E-state index contributed by atoms with van der Waals surface area (Å²) >= 11 is 3.12. The molecule has 0 aliphatic heterocycles. The molecular weight excluding hydrogens is 394 g/mol. The number of nitro benzene ring substituents is 1. The summed E-state index contributed by atoms with van der Waals surface area (Å²) in [6.07, 6.45) is 0. The summed E-state index contributed by atoms with van der Waals surface area (Å²) in [5.74, 6) is -0.761. The Morgan fingerprint density at radius 3 is 2.28 bits per heavy atom. The molecule has 0 aliphatic carbocycles. The zero-order chi connectivity index (χ0) is 18.1. The van der Waals surface area contributed by atoms with Gasteiger partial charge >= 0.3 is 5.69 Å². The first-order valence-corrected chi connectivity index (χ1v) is 8.19. The summed E-state index contributed by atoms with van der Waals surface area (Å²) in [6.45, 7) is 0. The van der Waals surface area contributed by atoms with E-state index in [0.717, 1.165) is 6.07 Å². The van der Waals surface area contributed by atoms with Crippen molar-refractivity contribution in [1.82, 2.24) is 0 Å². The van der Waals surface area contributed by atoms with E-state index >= 15 is 0 Å². The summed E-state index contributed by atoms with van der Waals surface area (Å²) in [4.78, 5) is 23.1. The van der Waals surface area contributed by atoms with Gasteiger partial charge in [0.2, 0.25) is 0 Å². The van der Waals surface area contributed by atoms with Crippen molar-refractivity contribution in [2.24, 2.45) is 0 Å². The molecule has 0 aliphatic rings. The number of benzene rings is 2. The molecular formula is C16H10BrN3O5. The Hall–Kier alpha value is -3.07. The van der Waals surface area contributed by atoms with E-state index in [-0.39, 0.29) is 39.0 Å². The van der Waals surface area contributed by atoms with E-state index in [1.165, 1.54) is 30.3 Å². The Kier molecular flexibility index (Phi) is 4.32. The summed E-state index contributed by atoms with van der Waals surface area (Å²) in [6, 6.07) is 11.1. The maximum Gasteiger partial charge on any atom is 0.335 e. The first-order valence-electron chi connectivity index (χ1n) is 7.07. The fourth-order valence-electron chi connectivity index (χ4n) is 2.53. The third-order valence-corrected chi connectivity index (χ3v) is 4.23. The van der Waals surface area contributed by atoms with E-state index in [0.29, 0.717) is 9.46 Å². The molecule has 0 N–H and O–H groups in total. The van der Waals surface area contributed by atoms with Crippen LogP contribution < -0.4 is 9.46 Å². The third-order valence-electron chi connectivity index (χ3n) is 3.70. The molecule has 3 aromatic rings. The standard InChI is InChI=1S/C16H10BrN3O5/c17-9-14-15(16(21)10-4-3-5-11(8-10)20(24)25)19(23)13-7-2-1-6-12(13)18(14)22/h1-8H,9H2. The van der Waals surface area contributed by atoms with Crippen molar-refractivity contribution in [3.05, 3.63) is 86.0 Å². The first-order chi connectivity index (χ1) is 12.0. The topological polar surface area (TPSA) is 114 Å². The molecule has 0 spiro atoms. The van der Waals surface area contributed by atoms with Gasteiger partial charge in [0.1, 0.15) is 0 Å². The monoisotopic (exact) mass is 403 g/mol. The van der Waals surface area contributed by atoms with Gasteiger partial charge in [0.25, 0.3) is 28.2 Å². The van der Waals surface area contributed by atoms with E-state index in [4.69, 9.17) is 0 Å². The summed E-state index contributed by atoms with van der Waals surface area (Å²) in [7, 11) is 0. The van der Waals surface area contributed by atoms with E-state index in [9.17, 15) is 25.3 Å². The van der Waals surface area contributed by atoms with Gasteiger partial charge in [-0.15, -0.1) is 0 Å². The molecule has 2 aromatic carbocycles. The van der Waals surface area contributed by atoms with Crippen LogP contribution in [0.4, 0.5) is 5.69 Å². The minimum Gasteiger partial charge on any atom is -0.618 e. The van der Waals surface area contributed by atoms with Gasteiger partial charge in [-0.2, -0.15) is 9.46 Å². The van der Waals surface area contributed by atoms with Crippen molar-refractivity contribution in [3.63, 3.8) is 0 Å². The maximum atomic E-state index is 12.8. The zero-order valence-electron chi connectivity index (χ0n) is 12.6. The molecule has 0 unspecified atom stereocenters. The average molecular weight is 404 g/mol. The fraction of sp³-hybridized carbons (Fsp3) is 0.0625. The number of para-hydroxylation sites is 2. The van der Waals surface area contributed by atoms with E-state index in [1.807, 2.05) is 0 Å². The summed E-state index contributed by atoms with van der Waals surface area (Å²) in [5, 5.41) is 36.1. The largest absolute Gasteiger partial charge is 0.618 e. The van der Waals surface area contributed by atoms with E-state index in [2.05, 4.69) is 15.9 Å². The Labute approximate surface area is 149 Å². The number of non-ortho nitro benzene ring substituents is 1. The van der Waals surface area contributed by atoms with Crippen LogP contribution in [0.3, 0.4) is 0 Å². The Balaban J connectivity index is 2.28. The van der Waals surface area contributed by atoms with Crippen molar-refractivity contribution < 1.29 is 19.2 Å². The van der Waals surface area contributed by atoms with Crippen molar-refractivity contribution >= 4 is 38.4 Å². The van der Waals surface area contributed by atoms with Gasteiger partial charge in [-0.3, -0.25) is 14.9 Å². The Morgan fingerprint density at radius 2 is 1.68 bits per heavy atom. The van der Waals surface area contributed by atoms with Crippen molar-refractivity contribution in [2.75, 3.05) is 0 Å². The summed E-state index contributed by atoms with van der Waals surface area (Å²) in [5.41, 5.74) is -0.592. The second-order valence-corrected chi connectivity index (χ2v) is 5.70. The van der Waals surface area contributed by atoms with E-state index in [1.54, 1.807) is 12.1 Å². The van der Waals surface area contributed by atoms with Gasteiger partial charge in [-0.25, -0.2) is 0 Å². The predicted octanol–water partition coefficient (Wildman–Crippen LogP) is 2.14. The number of ketones is 1. The molecule has 0 bridgehead atoms. The minimum absolute atomic E-state index is 0.0282. The summed E-state index contributed by atoms with van der Waals surface area (Å²) < 4.78 is 0.907. The number of halogens is 1. The molecule has 0 atom stereocenters. The normalized spacial score (nSPS) is 10.8. The van der Waals surface area contributed by atoms with Crippen molar-refractivity contribution in [2.45, 2.75) is 5.33 Å². The van der Waals surface area contributed by atoms with Crippen LogP contribution in [-0.4, -0.2) is 10.7 Å². The second-order valence-electron chi connectivity index (χ2n) is 5.14. The van der Waals surface area contributed by atoms with Crippen LogP contribution >= 0.6 is 15.9 Å². The van der Waals surface area contributed by atoms with Gasteiger partial charge in [-0.1, -0.05) is 40.2 Å². The fourth-order valence-corrected chi connectivity index (χ4v) is 3.02. The number of nitrogens with zero attached hydrogens (tertiary/aromatic N) is 3. The van der Waals surface area contributed by atoms with Gasteiger partial charge in [-0.05, 0) is 0 Å². The van der Waals surface area contributed by atoms with Crippen LogP contribution in [0.5, 0.6) is 0 Å². The molecule has 1 heterocycles. The molecule has 0 amide bonds. The van der Waals surface area contributed by atoms with Crippen LogP contribution in [0.25, 0.3) is 11.0 Å². The number of carbonyl (C=O) groups is 1. The van der Waals surface area contributed by atoms with E-state index < -0.39 is 10.7 Å². The Morgan fingerprint density at radius 1 is 1.04 bits per heavy atom. The molecule has 0 saturated heterocycles. The number of carbonyl (C=O) groups excluding carboxylic acids is 1. The average Bonchev–Trinajstić information content (AvgIpc) is 2.64. The third kappa shape index (κ3) is 2.78. The van der Waals surface area contributed by atoms with Gasteiger partial charge in [0.15, 0.2) is 0 Å². The SMILES string of the molecule is O=C(c1cccc([N+](=O)[O-])c1)c1c(CBr)[n+]([O-])c2ccccc2[n+]1[O-]. The molecule has 1 aromatic heterocycles. The number of rotatable bonds is 4. The molecule has 0 saturated carbocycles. The quantitative estimate of drug-likeness (QED) is 0.165. The van der Waals surface area contributed by atoms with Gasteiger partial charge in [0, 0.05) is 29.8 Å². The number of aromatic nitrogens is 2. The highest BCUT2D eigenvalue weighted by atomic mass is 79.9. The first kappa shape index (κ1) is 16.8. The number of nitro groups is 1. The number of hydrogen-bond donors (Lipinski definition) is 0. The number of hydrogen-bond acceptors (Lipinski definition) is 5. The molecule has 3 rings (SSSR count). The number of fused-ring (bicyclic) bond motifs is 1. The Bertz CT molecular complexity index is 1020. The lowest BCUT2D eigenvalue weighted by Gasteiger charge is -2.11. The lowest BCUT2D eigenvalue weighted by atomic mass is 10.1. The van der Waals surface area contributed by atoms with Gasteiger partial charge in [0.05, 0.1) is 10.3 Å². The second kappa shape index (κ2) is 6.44. The molecule has 0 radical (unpaired) electrons.